The van der Waals surface area contributed by atoms with Gasteiger partial charge in [-0.15, -0.1) is 0 Å². The zero-order valence-corrected chi connectivity index (χ0v) is 27.9. The Balaban J connectivity index is 1.62. The second-order valence-corrected chi connectivity index (χ2v) is 12.2. The van der Waals surface area contributed by atoms with Crippen LogP contribution in [0.15, 0.2) is 78.0 Å². The molecule has 3 aromatic rings. The van der Waals surface area contributed by atoms with Crippen molar-refractivity contribution in [3.63, 3.8) is 0 Å². The maximum Gasteiger partial charge on any atom is 0.331 e. The van der Waals surface area contributed by atoms with Crippen molar-refractivity contribution in [2.75, 3.05) is 31.2 Å². The standard InChI is InChI=1S/C38H47N3O5/c1-6-8-9-10-11-35(39-46-28(3)42)36(43)30-14-20-33(21-15-30)41(32-18-12-29(7-2)13-19-32)34-22-16-31(17-23-34)37(44)38(4,5)40-24-26-45-27-25-40/h12-23H,6-11,24-27H2,1-5H3/b39-35+. The molecule has 244 valence electrons. The Morgan fingerprint density at radius 3 is 1.87 bits per heavy atom. The first-order valence-electron chi connectivity index (χ1n) is 16.4. The Kier molecular flexibility index (Phi) is 12.4. The van der Waals surface area contributed by atoms with Crippen LogP contribution in [0.5, 0.6) is 0 Å². The van der Waals surface area contributed by atoms with E-state index in [1.807, 2.05) is 50.2 Å². The highest BCUT2D eigenvalue weighted by atomic mass is 16.7. The molecule has 1 aliphatic heterocycles. The van der Waals surface area contributed by atoms with Gasteiger partial charge in [0.05, 0.1) is 18.8 Å². The third-order valence-corrected chi connectivity index (χ3v) is 8.55. The molecule has 8 nitrogen and oxygen atoms in total. The van der Waals surface area contributed by atoms with E-state index in [0.717, 1.165) is 62.3 Å². The number of oxime groups is 1. The van der Waals surface area contributed by atoms with E-state index in [0.29, 0.717) is 30.8 Å². The van der Waals surface area contributed by atoms with Crippen molar-refractivity contribution in [1.82, 2.24) is 4.90 Å². The lowest BCUT2D eigenvalue weighted by Gasteiger charge is -2.39. The smallest absolute Gasteiger partial charge is 0.331 e. The zero-order chi connectivity index (χ0) is 33.1. The number of ether oxygens (including phenoxy) is 1. The molecule has 1 fully saturated rings. The number of aryl methyl sites for hydroxylation is 1. The number of carbonyl (C=O) groups is 3. The van der Waals surface area contributed by atoms with Gasteiger partial charge in [0.15, 0.2) is 5.78 Å². The number of carbonyl (C=O) groups excluding carboxylic acids is 3. The highest BCUT2D eigenvalue weighted by Gasteiger charge is 2.36. The molecule has 0 saturated carbocycles. The molecular weight excluding hydrogens is 578 g/mol. The minimum atomic E-state index is -0.642. The summed E-state index contributed by atoms with van der Waals surface area (Å²) in [4.78, 5) is 47.6. The summed E-state index contributed by atoms with van der Waals surface area (Å²) in [7, 11) is 0. The topological polar surface area (TPSA) is 88.5 Å². The Labute approximate surface area is 273 Å². The van der Waals surface area contributed by atoms with Crippen molar-refractivity contribution in [2.45, 2.75) is 78.7 Å². The second kappa shape index (κ2) is 16.4. The van der Waals surface area contributed by atoms with Crippen LogP contribution in [0, 0.1) is 0 Å². The van der Waals surface area contributed by atoms with Crippen LogP contribution in [-0.2, 0) is 20.8 Å². The Bertz CT molecular complexity index is 1490. The first-order chi connectivity index (χ1) is 22.1. The third kappa shape index (κ3) is 8.77. The molecular formula is C38H47N3O5. The number of ketones is 2. The molecule has 0 aromatic heterocycles. The van der Waals surface area contributed by atoms with Gasteiger partial charge in [0.1, 0.15) is 5.71 Å². The number of morpholine rings is 1. The molecule has 0 atom stereocenters. The van der Waals surface area contributed by atoms with E-state index in [1.54, 1.807) is 12.1 Å². The molecule has 0 aliphatic carbocycles. The van der Waals surface area contributed by atoms with E-state index >= 15 is 0 Å². The summed E-state index contributed by atoms with van der Waals surface area (Å²) in [6.07, 6.45) is 5.29. The molecule has 1 saturated heterocycles. The molecule has 0 unspecified atom stereocenters. The van der Waals surface area contributed by atoms with Crippen LogP contribution >= 0.6 is 0 Å². The number of benzene rings is 3. The Hall–Kier alpha value is -4.14. The number of Topliss-reactive ketones (excluding diaryl/α,β-unsaturated/α-hetero) is 2. The molecule has 0 radical (unpaired) electrons. The number of unbranched alkanes of at least 4 members (excludes halogenated alkanes) is 3. The SMILES string of the molecule is CCCCCC/C(=N\OC(C)=O)C(=O)c1ccc(N(c2ccc(CC)cc2)c2ccc(C(=O)C(C)(C)N3CCOCC3)cc2)cc1. The molecule has 0 spiro atoms. The van der Waals surface area contributed by atoms with Gasteiger partial charge in [-0.1, -0.05) is 50.4 Å². The highest BCUT2D eigenvalue weighted by Crippen LogP contribution is 2.35. The van der Waals surface area contributed by atoms with Gasteiger partial charge < -0.3 is 14.5 Å². The number of hydrogen-bond acceptors (Lipinski definition) is 8. The van der Waals surface area contributed by atoms with Gasteiger partial charge in [0, 0.05) is 48.2 Å². The average Bonchev–Trinajstić information content (AvgIpc) is 3.08. The van der Waals surface area contributed by atoms with Gasteiger partial charge in [0.2, 0.25) is 5.78 Å². The summed E-state index contributed by atoms with van der Waals surface area (Å²) in [5.41, 5.74) is 4.65. The van der Waals surface area contributed by atoms with Gasteiger partial charge in [-0.2, -0.15) is 0 Å². The van der Waals surface area contributed by atoms with Crippen molar-refractivity contribution in [1.29, 1.82) is 0 Å². The second-order valence-electron chi connectivity index (χ2n) is 12.2. The predicted molar refractivity (Wildman–Crippen MR) is 184 cm³/mol. The summed E-state index contributed by atoms with van der Waals surface area (Å²) < 4.78 is 5.50. The maximum atomic E-state index is 13.6. The van der Waals surface area contributed by atoms with E-state index < -0.39 is 11.5 Å². The normalized spacial score (nSPS) is 14.2. The Morgan fingerprint density at radius 1 is 0.804 bits per heavy atom. The minimum Gasteiger partial charge on any atom is -0.379 e. The minimum absolute atomic E-state index is 0.0728. The quantitative estimate of drug-likeness (QED) is 0.0555. The van der Waals surface area contributed by atoms with Crippen molar-refractivity contribution >= 4 is 40.3 Å². The fourth-order valence-electron chi connectivity index (χ4n) is 5.68. The molecule has 4 rings (SSSR count). The van der Waals surface area contributed by atoms with Gasteiger partial charge in [0.25, 0.3) is 0 Å². The number of rotatable bonds is 15. The lowest BCUT2D eigenvalue weighted by molar-refractivity contribution is -0.140. The van der Waals surface area contributed by atoms with Crippen LogP contribution in [0.2, 0.25) is 0 Å². The van der Waals surface area contributed by atoms with E-state index in [9.17, 15) is 14.4 Å². The molecule has 8 heteroatoms. The predicted octanol–water partition coefficient (Wildman–Crippen LogP) is 8.08. The summed E-state index contributed by atoms with van der Waals surface area (Å²) >= 11 is 0. The molecule has 0 bridgehead atoms. The van der Waals surface area contributed by atoms with E-state index in [1.165, 1.54) is 12.5 Å². The first kappa shape index (κ1) is 34.7. The largest absolute Gasteiger partial charge is 0.379 e. The van der Waals surface area contributed by atoms with Crippen molar-refractivity contribution in [3.05, 3.63) is 89.5 Å². The van der Waals surface area contributed by atoms with Crippen molar-refractivity contribution in [2.24, 2.45) is 5.16 Å². The number of hydrogen-bond donors (Lipinski definition) is 0. The van der Waals surface area contributed by atoms with Crippen LogP contribution < -0.4 is 4.90 Å². The first-order valence-corrected chi connectivity index (χ1v) is 16.4. The van der Waals surface area contributed by atoms with Crippen molar-refractivity contribution in [3.8, 4) is 0 Å². The zero-order valence-electron chi connectivity index (χ0n) is 27.9. The molecule has 0 amide bonds. The summed E-state index contributed by atoms with van der Waals surface area (Å²) in [5, 5.41) is 3.91. The van der Waals surface area contributed by atoms with Gasteiger partial charge in [-0.25, -0.2) is 4.79 Å². The van der Waals surface area contributed by atoms with Crippen LogP contribution in [0.3, 0.4) is 0 Å². The van der Waals surface area contributed by atoms with E-state index in [2.05, 4.69) is 53.1 Å². The average molecular weight is 626 g/mol. The molecule has 0 N–H and O–H groups in total. The van der Waals surface area contributed by atoms with Gasteiger partial charge in [-0.3, -0.25) is 14.5 Å². The third-order valence-electron chi connectivity index (χ3n) is 8.55. The van der Waals surface area contributed by atoms with Gasteiger partial charge >= 0.3 is 5.97 Å². The monoisotopic (exact) mass is 625 g/mol. The van der Waals surface area contributed by atoms with Gasteiger partial charge in [-0.05, 0) is 99.3 Å². The van der Waals surface area contributed by atoms with Crippen LogP contribution in [-0.4, -0.2) is 60.0 Å². The molecule has 46 heavy (non-hydrogen) atoms. The fourth-order valence-corrected chi connectivity index (χ4v) is 5.68. The van der Waals surface area contributed by atoms with Crippen LogP contribution in [0.1, 0.15) is 93.0 Å². The summed E-state index contributed by atoms with van der Waals surface area (Å²) in [6, 6.07) is 23.5. The summed E-state index contributed by atoms with van der Waals surface area (Å²) in [6.45, 7) is 12.2. The molecule has 1 aliphatic rings. The Morgan fingerprint density at radius 2 is 1.35 bits per heavy atom. The fraction of sp³-hybridized carbons (Fsp3) is 0.421. The van der Waals surface area contributed by atoms with Crippen molar-refractivity contribution < 1.29 is 24.0 Å². The van der Waals surface area contributed by atoms with Crippen LogP contribution in [0.4, 0.5) is 17.1 Å². The molecule has 1 heterocycles. The lowest BCUT2D eigenvalue weighted by atomic mass is 9.90. The van der Waals surface area contributed by atoms with E-state index in [4.69, 9.17) is 9.57 Å². The van der Waals surface area contributed by atoms with E-state index in [-0.39, 0.29) is 17.3 Å². The number of nitrogens with zero attached hydrogens (tertiary/aromatic N) is 3. The lowest BCUT2D eigenvalue weighted by Crippen LogP contribution is -2.54. The molecule has 3 aromatic carbocycles. The highest BCUT2D eigenvalue weighted by molar-refractivity contribution is 6.45. The summed E-state index contributed by atoms with van der Waals surface area (Å²) in [5.74, 6) is -0.742. The number of anilines is 3. The maximum absolute atomic E-state index is 13.6. The van der Waals surface area contributed by atoms with Crippen LogP contribution in [0.25, 0.3) is 0 Å².